The van der Waals surface area contributed by atoms with Crippen LogP contribution in [-0.2, 0) is 0 Å². The van der Waals surface area contributed by atoms with Gasteiger partial charge in [-0.1, -0.05) is 115 Å². The van der Waals surface area contributed by atoms with Gasteiger partial charge in [-0.2, -0.15) is 0 Å². The first-order valence-electron chi connectivity index (χ1n) is 18.3. The third-order valence-electron chi connectivity index (χ3n) is 11.9. The van der Waals surface area contributed by atoms with Crippen LogP contribution in [0.3, 0.4) is 0 Å². The summed E-state index contributed by atoms with van der Waals surface area (Å²) in [6, 6.07) is 62.0. The Hall–Kier alpha value is -6.98. The van der Waals surface area contributed by atoms with Crippen LogP contribution in [-0.4, -0.2) is 11.1 Å². The van der Waals surface area contributed by atoms with Crippen molar-refractivity contribution in [2.24, 2.45) is 0 Å². The maximum Gasteiger partial charge on any atom is 0.252 e. The second kappa shape index (κ2) is 9.87. The molecule has 11 aromatic rings. The fraction of sp³-hybridized carbons (Fsp3) is 0. The summed E-state index contributed by atoms with van der Waals surface area (Å²) in [5, 5.41) is 7.34. The first-order chi connectivity index (χ1) is 26.3. The highest BCUT2D eigenvalue weighted by molar-refractivity contribution is 7.01. The molecule has 2 aliphatic heterocycles. The lowest BCUT2D eigenvalue weighted by atomic mass is 9.33. The van der Waals surface area contributed by atoms with Crippen molar-refractivity contribution in [1.82, 2.24) is 4.40 Å². The molecule has 0 unspecified atom stereocenters. The van der Waals surface area contributed by atoms with E-state index in [0.29, 0.717) is 0 Å². The number of hydrogen-bond acceptors (Lipinski definition) is 3. The Morgan fingerprint density at radius 3 is 1.96 bits per heavy atom. The SMILES string of the molecule is c1ccc(N2c3ccccc3B3c4ccc5c(c4N(c4ccccc4)c4c3c2cc2c4oc3ccccc32)c2cccc3c4ccccc4n5c32)cc1. The van der Waals surface area contributed by atoms with E-state index < -0.39 is 0 Å². The molecule has 13 rings (SSSR count). The van der Waals surface area contributed by atoms with Crippen LogP contribution >= 0.6 is 0 Å². The van der Waals surface area contributed by atoms with E-state index in [1.165, 1.54) is 71.5 Å². The van der Waals surface area contributed by atoms with Gasteiger partial charge in [-0.05, 0) is 71.0 Å². The topological polar surface area (TPSA) is 24.0 Å². The normalized spacial score (nSPS) is 13.5. The molecule has 5 heteroatoms. The second-order valence-corrected chi connectivity index (χ2v) is 14.4. The zero-order chi connectivity index (χ0) is 34.4. The number of anilines is 6. The molecule has 8 aromatic carbocycles. The fourth-order valence-corrected chi connectivity index (χ4v) is 9.87. The van der Waals surface area contributed by atoms with Gasteiger partial charge in [0.1, 0.15) is 5.58 Å². The standard InChI is InChI=1S/C48H28BN3O/c1-3-14-29(15-4-1)50-39-24-11-9-22-36(39)49-37-26-27-40-43(34-21-13-20-33-31-18-7-10-23-38(31)52(40)45(33)34)46(37)51(30-16-5-2-6-17-30)47-44(49)41(50)28-35-32-19-8-12-25-42(32)53-48(35)47/h1-28H. The Labute approximate surface area is 304 Å². The van der Waals surface area contributed by atoms with Crippen molar-refractivity contribution in [3.05, 3.63) is 170 Å². The predicted octanol–water partition coefficient (Wildman–Crippen LogP) is 10.8. The molecule has 0 saturated carbocycles. The van der Waals surface area contributed by atoms with Crippen LogP contribution in [0.4, 0.5) is 34.1 Å². The molecule has 0 aliphatic carbocycles. The Morgan fingerprint density at radius 1 is 0.434 bits per heavy atom. The largest absolute Gasteiger partial charge is 0.454 e. The van der Waals surface area contributed by atoms with Crippen molar-refractivity contribution in [2.45, 2.75) is 0 Å². The molecule has 244 valence electrons. The van der Waals surface area contributed by atoms with E-state index in [2.05, 4.69) is 184 Å². The zero-order valence-corrected chi connectivity index (χ0v) is 28.5. The molecule has 0 N–H and O–H groups in total. The maximum atomic E-state index is 7.03. The average Bonchev–Trinajstić information content (AvgIpc) is 3.88. The predicted molar refractivity (Wildman–Crippen MR) is 222 cm³/mol. The minimum Gasteiger partial charge on any atom is -0.454 e. The Balaban J connectivity index is 1.27. The van der Waals surface area contributed by atoms with Crippen molar-refractivity contribution in [1.29, 1.82) is 0 Å². The van der Waals surface area contributed by atoms with Gasteiger partial charge in [-0.25, -0.2) is 0 Å². The number of rotatable bonds is 2. The van der Waals surface area contributed by atoms with Gasteiger partial charge in [0.05, 0.1) is 27.9 Å². The number of aromatic nitrogens is 1. The third kappa shape index (κ3) is 3.38. The van der Waals surface area contributed by atoms with Crippen LogP contribution in [0.5, 0.6) is 0 Å². The van der Waals surface area contributed by atoms with Crippen molar-refractivity contribution >= 4 is 117 Å². The lowest BCUT2D eigenvalue weighted by Crippen LogP contribution is -2.61. The molecule has 0 fully saturated rings. The molecule has 0 bridgehead atoms. The highest BCUT2D eigenvalue weighted by Crippen LogP contribution is 2.52. The number of benzene rings is 8. The highest BCUT2D eigenvalue weighted by atomic mass is 16.3. The lowest BCUT2D eigenvalue weighted by Gasteiger charge is -2.44. The van der Waals surface area contributed by atoms with Crippen LogP contribution < -0.4 is 26.2 Å². The Kier molecular flexibility index (Phi) is 5.16. The van der Waals surface area contributed by atoms with E-state index >= 15 is 0 Å². The summed E-state index contributed by atoms with van der Waals surface area (Å²) >= 11 is 0. The molecule has 0 atom stereocenters. The van der Waals surface area contributed by atoms with Crippen LogP contribution in [0.2, 0.25) is 0 Å². The Morgan fingerprint density at radius 2 is 1.11 bits per heavy atom. The summed E-state index contributed by atoms with van der Waals surface area (Å²) in [4.78, 5) is 4.99. The van der Waals surface area contributed by atoms with Crippen molar-refractivity contribution < 1.29 is 4.42 Å². The minimum atomic E-state index is -0.0232. The van der Waals surface area contributed by atoms with Gasteiger partial charge in [0.25, 0.3) is 6.71 Å². The lowest BCUT2D eigenvalue weighted by molar-refractivity contribution is 0.669. The van der Waals surface area contributed by atoms with Crippen LogP contribution in [0.15, 0.2) is 174 Å². The highest BCUT2D eigenvalue weighted by Gasteiger charge is 2.46. The molecule has 2 aliphatic rings. The number of para-hydroxylation sites is 6. The number of furan rings is 1. The molecular weight excluding hydrogens is 645 g/mol. The smallest absolute Gasteiger partial charge is 0.252 e. The summed E-state index contributed by atoms with van der Waals surface area (Å²) in [6.45, 7) is -0.0232. The van der Waals surface area contributed by atoms with Crippen molar-refractivity contribution in [3.8, 4) is 0 Å². The first-order valence-corrected chi connectivity index (χ1v) is 18.3. The van der Waals surface area contributed by atoms with Crippen LogP contribution in [0.25, 0.3) is 60.0 Å². The molecule has 5 heterocycles. The molecule has 0 spiro atoms. The van der Waals surface area contributed by atoms with Crippen molar-refractivity contribution in [3.63, 3.8) is 0 Å². The first kappa shape index (κ1) is 27.7. The van der Waals surface area contributed by atoms with E-state index in [0.717, 1.165) is 39.0 Å². The van der Waals surface area contributed by atoms with Gasteiger partial charge in [0, 0.05) is 55.1 Å². The summed E-state index contributed by atoms with van der Waals surface area (Å²) in [6.07, 6.45) is 0. The minimum absolute atomic E-state index is 0.0232. The summed E-state index contributed by atoms with van der Waals surface area (Å²) < 4.78 is 9.53. The van der Waals surface area contributed by atoms with Gasteiger partial charge in [0.15, 0.2) is 5.58 Å². The van der Waals surface area contributed by atoms with E-state index in [1.54, 1.807) is 0 Å². The summed E-state index contributed by atoms with van der Waals surface area (Å²) in [5.41, 5.74) is 16.3. The molecule has 0 amide bonds. The van der Waals surface area contributed by atoms with Gasteiger partial charge < -0.3 is 18.6 Å². The van der Waals surface area contributed by atoms with Gasteiger partial charge in [-0.15, -0.1) is 0 Å². The average molecular weight is 674 g/mol. The van der Waals surface area contributed by atoms with Crippen molar-refractivity contribution in [2.75, 3.05) is 9.80 Å². The molecule has 4 nitrogen and oxygen atoms in total. The molecular formula is C48H28BN3O. The number of hydrogen-bond donors (Lipinski definition) is 0. The zero-order valence-electron chi connectivity index (χ0n) is 28.5. The monoisotopic (exact) mass is 673 g/mol. The van der Waals surface area contributed by atoms with E-state index in [9.17, 15) is 0 Å². The van der Waals surface area contributed by atoms with Gasteiger partial charge >= 0.3 is 0 Å². The second-order valence-electron chi connectivity index (χ2n) is 14.4. The molecule has 0 radical (unpaired) electrons. The van der Waals surface area contributed by atoms with E-state index in [4.69, 9.17) is 4.42 Å². The van der Waals surface area contributed by atoms with Gasteiger partial charge in [0.2, 0.25) is 0 Å². The molecule has 0 saturated heterocycles. The van der Waals surface area contributed by atoms with Crippen LogP contribution in [0.1, 0.15) is 0 Å². The molecule has 53 heavy (non-hydrogen) atoms. The van der Waals surface area contributed by atoms with E-state index in [-0.39, 0.29) is 6.71 Å². The quantitative estimate of drug-likeness (QED) is 0.171. The number of nitrogens with zero attached hydrogens (tertiary/aromatic N) is 3. The Bertz CT molecular complexity index is 3310. The van der Waals surface area contributed by atoms with E-state index in [1.807, 2.05) is 0 Å². The molecule has 3 aromatic heterocycles. The summed E-state index contributed by atoms with van der Waals surface area (Å²) in [7, 11) is 0. The van der Waals surface area contributed by atoms with Gasteiger partial charge in [-0.3, -0.25) is 0 Å². The fourth-order valence-electron chi connectivity index (χ4n) is 9.87. The third-order valence-corrected chi connectivity index (χ3v) is 11.9. The van der Waals surface area contributed by atoms with Crippen LogP contribution in [0, 0.1) is 0 Å². The number of fused-ring (bicyclic) bond motifs is 15. The maximum absolute atomic E-state index is 7.03. The summed E-state index contributed by atoms with van der Waals surface area (Å²) in [5.74, 6) is 0.